The standard InChI is InChI=1S/C15H14ClN5O4S/c1-21-12(6-8-17-21)14-19-20-15(25-14)18-13(22)7-9-26(23,24)11-4-2-10(16)3-5-11/h2-6,8H,7,9H2,1H3,(H,18,20,22). The summed E-state index contributed by atoms with van der Waals surface area (Å²) < 4.78 is 31.3. The van der Waals surface area contributed by atoms with Gasteiger partial charge in [0.05, 0.1) is 10.6 Å². The summed E-state index contributed by atoms with van der Waals surface area (Å²) in [6.45, 7) is 0. The highest BCUT2D eigenvalue weighted by Gasteiger charge is 2.18. The second-order valence-corrected chi connectivity index (χ2v) is 7.87. The van der Waals surface area contributed by atoms with Gasteiger partial charge in [-0.25, -0.2) is 8.42 Å². The van der Waals surface area contributed by atoms with Crippen molar-refractivity contribution < 1.29 is 17.6 Å². The zero-order valence-electron chi connectivity index (χ0n) is 13.6. The average molecular weight is 396 g/mol. The van der Waals surface area contributed by atoms with E-state index in [2.05, 4.69) is 20.6 Å². The summed E-state index contributed by atoms with van der Waals surface area (Å²) in [6, 6.07) is 7.31. The minimum absolute atomic E-state index is 0.103. The molecule has 0 aliphatic carbocycles. The Bertz CT molecular complexity index is 1030. The first-order chi connectivity index (χ1) is 12.3. The molecule has 11 heteroatoms. The van der Waals surface area contributed by atoms with Crippen molar-refractivity contribution >= 4 is 33.4 Å². The number of rotatable bonds is 6. The van der Waals surface area contributed by atoms with Crippen molar-refractivity contribution in [3.05, 3.63) is 41.6 Å². The zero-order valence-corrected chi connectivity index (χ0v) is 15.2. The van der Waals surface area contributed by atoms with Gasteiger partial charge in [-0.05, 0) is 30.3 Å². The number of hydrogen-bond donors (Lipinski definition) is 1. The Hall–Kier alpha value is -2.72. The minimum Gasteiger partial charge on any atom is -0.401 e. The molecule has 1 amide bonds. The summed E-state index contributed by atoms with van der Waals surface area (Å²) >= 11 is 5.74. The maximum absolute atomic E-state index is 12.2. The smallest absolute Gasteiger partial charge is 0.322 e. The number of nitrogens with one attached hydrogen (secondary N) is 1. The number of hydrogen-bond acceptors (Lipinski definition) is 7. The Labute approximate surface area is 153 Å². The first kappa shape index (κ1) is 18.1. The van der Waals surface area contributed by atoms with Gasteiger partial charge in [0.15, 0.2) is 9.84 Å². The van der Waals surface area contributed by atoms with Crippen LogP contribution < -0.4 is 5.32 Å². The van der Waals surface area contributed by atoms with Gasteiger partial charge < -0.3 is 4.42 Å². The molecule has 0 spiro atoms. The molecule has 0 aliphatic rings. The summed E-state index contributed by atoms with van der Waals surface area (Å²) in [6.07, 6.45) is 1.31. The van der Waals surface area contributed by atoms with Crippen LogP contribution in [-0.2, 0) is 21.7 Å². The van der Waals surface area contributed by atoms with Gasteiger partial charge >= 0.3 is 6.01 Å². The van der Waals surface area contributed by atoms with E-state index in [1.807, 2.05) is 0 Å². The van der Waals surface area contributed by atoms with Crippen LogP contribution in [0.3, 0.4) is 0 Å². The van der Waals surface area contributed by atoms with Crippen LogP contribution in [0.2, 0.25) is 5.02 Å². The number of amides is 1. The molecule has 0 radical (unpaired) electrons. The van der Waals surface area contributed by atoms with Crippen LogP contribution in [0.15, 0.2) is 45.8 Å². The average Bonchev–Trinajstić information content (AvgIpc) is 3.22. The number of sulfone groups is 1. The molecule has 0 unspecified atom stereocenters. The summed E-state index contributed by atoms with van der Waals surface area (Å²) in [7, 11) is -1.89. The molecule has 0 saturated heterocycles. The van der Waals surface area contributed by atoms with Gasteiger partial charge in [-0.2, -0.15) is 5.10 Å². The maximum Gasteiger partial charge on any atom is 0.322 e. The molecule has 9 nitrogen and oxygen atoms in total. The first-order valence-electron chi connectivity index (χ1n) is 7.45. The molecule has 136 valence electrons. The quantitative estimate of drug-likeness (QED) is 0.676. The second kappa shape index (κ2) is 7.26. The van der Waals surface area contributed by atoms with Crippen molar-refractivity contribution in [2.75, 3.05) is 11.1 Å². The van der Waals surface area contributed by atoms with E-state index in [-0.39, 0.29) is 29.0 Å². The SMILES string of the molecule is Cn1nccc1-c1nnc(NC(=O)CCS(=O)(=O)c2ccc(Cl)cc2)o1. The van der Waals surface area contributed by atoms with Gasteiger partial charge in [-0.3, -0.25) is 14.8 Å². The van der Waals surface area contributed by atoms with Crippen molar-refractivity contribution in [2.45, 2.75) is 11.3 Å². The minimum atomic E-state index is -3.60. The van der Waals surface area contributed by atoms with Gasteiger partial charge in [-0.15, -0.1) is 5.10 Å². The number of anilines is 1. The number of halogens is 1. The molecule has 1 N–H and O–H groups in total. The predicted molar refractivity (Wildman–Crippen MR) is 93.3 cm³/mol. The number of aromatic nitrogens is 4. The normalized spacial score (nSPS) is 11.5. The number of nitrogens with zero attached hydrogens (tertiary/aromatic N) is 4. The van der Waals surface area contributed by atoms with Gasteiger partial charge in [0.1, 0.15) is 5.69 Å². The zero-order chi connectivity index (χ0) is 18.7. The lowest BCUT2D eigenvalue weighted by molar-refractivity contribution is -0.115. The summed E-state index contributed by atoms with van der Waals surface area (Å²) in [4.78, 5) is 12.1. The van der Waals surface area contributed by atoms with Gasteiger partial charge in [-0.1, -0.05) is 16.7 Å². The second-order valence-electron chi connectivity index (χ2n) is 5.32. The van der Waals surface area contributed by atoms with E-state index in [9.17, 15) is 13.2 Å². The third kappa shape index (κ3) is 4.09. The van der Waals surface area contributed by atoms with E-state index in [1.54, 1.807) is 19.3 Å². The van der Waals surface area contributed by atoms with E-state index in [4.69, 9.17) is 16.0 Å². The fourth-order valence-electron chi connectivity index (χ4n) is 2.13. The largest absolute Gasteiger partial charge is 0.401 e. The molecule has 3 aromatic rings. The molecule has 0 bridgehead atoms. The number of aryl methyl sites for hydroxylation is 1. The molecule has 0 atom stereocenters. The van der Waals surface area contributed by atoms with Crippen molar-refractivity contribution in [1.29, 1.82) is 0 Å². The highest BCUT2D eigenvalue weighted by atomic mass is 35.5. The molecule has 2 heterocycles. The van der Waals surface area contributed by atoms with Crippen LogP contribution in [0.25, 0.3) is 11.6 Å². The lowest BCUT2D eigenvalue weighted by Crippen LogP contribution is -2.17. The van der Waals surface area contributed by atoms with E-state index in [0.717, 1.165) is 0 Å². The lowest BCUT2D eigenvalue weighted by atomic mass is 10.4. The van der Waals surface area contributed by atoms with Crippen LogP contribution in [-0.4, -0.2) is 40.1 Å². The van der Waals surface area contributed by atoms with Gasteiger partial charge in [0.2, 0.25) is 5.91 Å². The van der Waals surface area contributed by atoms with Gasteiger partial charge in [0, 0.05) is 24.7 Å². The highest BCUT2D eigenvalue weighted by molar-refractivity contribution is 7.91. The fourth-order valence-corrected chi connectivity index (χ4v) is 3.50. The van der Waals surface area contributed by atoms with Gasteiger partial charge in [0.25, 0.3) is 5.89 Å². The van der Waals surface area contributed by atoms with E-state index in [0.29, 0.717) is 10.7 Å². The van der Waals surface area contributed by atoms with E-state index < -0.39 is 15.7 Å². The fraction of sp³-hybridized carbons (Fsp3) is 0.200. The molecule has 3 rings (SSSR count). The summed E-state index contributed by atoms with van der Waals surface area (Å²) in [5, 5.41) is 14.3. The third-order valence-corrected chi connectivity index (χ3v) is 5.47. The summed E-state index contributed by atoms with van der Waals surface area (Å²) in [5.41, 5.74) is 0.586. The Balaban J connectivity index is 1.60. The Morgan fingerprint density at radius 2 is 1.96 bits per heavy atom. The number of carbonyl (C=O) groups is 1. The van der Waals surface area contributed by atoms with Crippen molar-refractivity contribution in [2.24, 2.45) is 7.05 Å². The van der Waals surface area contributed by atoms with Crippen LogP contribution in [0.4, 0.5) is 6.01 Å². The molecular weight excluding hydrogens is 382 g/mol. The number of carbonyl (C=O) groups excluding carboxylic acids is 1. The highest BCUT2D eigenvalue weighted by Crippen LogP contribution is 2.19. The van der Waals surface area contributed by atoms with Crippen LogP contribution in [0.1, 0.15) is 6.42 Å². The van der Waals surface area contributed by atoms with Crippen molar-refractivity contribution in [1.82, 2.24) is 20.0 Å². The third-order valence-electron chi connectivity index (χ3n) is 3.48. The van der Waals surface area contributed by atoms with Crippen LogP contribution in [0.5, 0.6) is 0 Å². The predicted octanol–water partition coefficient (Wildman–Crippen LogP) is 1.93. The van der Waals surface area contributed by atoms with Crippen molar-refractivity contribution in [3.63, 3.8) is 0 Å². The maximum atomic E-state index is 12.2. The summed E-state index contributed by atoms with van der Waals surface area (Å²) in [5.74, 6) is -0.722. The van der Waals surface area contributed by atoms with E-state index >= 15 is 0 Å². The Kier molecular flexibility index (Phi) is 5.05. The molecule has 1 aromatic carbocycles. The van der Waals surface area contributed by atoms with Crippen LogP contribution >= 0.6 is 11.6 Å². The Morgan fingerprint density at radius 1 is 1.23 bits per heavy atom. The Morgan fingerprint density at radius 3 is 2.62 bits per heavy atom. The molecule has 0 saturated carbocycles. The van der Waals surface area contributed by atoms with Crippen LogP contribution in [0, 0.1) is 0 Å². The number of benzene rings is 1. The van der Waals surface area contributed by atoms with E-state index in [1.165, 1.54) is 28.9 Å². The molecule has 26 heavy (non-hydrogen) atoms. The molecule has 0 aliphatic heterocycles. The monoisotopic (exact) mass is 395 g/mol. The van der Waals surface area contributed by atoms with Crippen molar-refractivity contribution in [3.8, 4) is 11.6 Å². The topological polar surface area (TPSA) is 120 Å². The molecular formula is C15H14ClN5O4S. The molecule has 0 fully saturated rings. The molecule has 2 aromatic heterocycles. The first-order valence-corrected chi connectivity index (χ1v) is 9.48. The lowest BCUT2D eigenvalue weighted by Gasteiger charge is -2.04.